The van der Waals surface area contributed by atoms with Gasteiger partial charge in [0.05, 0.1) is 4.90 Å². The first-order valence-corrected chi connectivity index (χ1v) is 8.29. The first kappa shape index (κ1) is 15.7. The molecule has 1 fully saturated rings. The minimum absolute atomic E-state index is 0.0149. The molecule has 1 aromatic rings. The van der Waals surface area contributed by atoms with Crippen molar-refractivity contribution in [3.63, 3.8) is 0 Å². The molecule has 2 rings (SSSR count). The van der Waals surface area contributed by atoms with Gasteiger partial charge in [0.2, 0.25) is 10.0 Å². The molecule has 1 aliphatic heterocycles. The van der Waals surface area contributed by atoms with Crippen LogP contribution in [0.3, 0.4) is 0 Å². The topological polar surface area (TPSA) is 105 Å². The average Bonchev–Trinajstić information content (AvgIpc) is 2.81. The lowest BCUT2D eigenvalue weighted by molar-refractivity contribution is 0.245. The van der Waals surface area contributed by atoms with Crippen LogP contribution in [0, 0.1) is 0 Å². The third kappa shape index (κ3) is 4.42. The fourth-order valence-electron chi connectivity index (χ4n) is 2.35. The number of primary sulfonamides is 1. The Hall–Kier alpha value is -1.64. The van der Waals surface area contributed by atoms with Crippen LogP contribution in [0.5, 0.6) is 0 Å². The van der Waals surface area contributed by atoms with Crippen molar-refractivity contribution >= 4 is 21.7 Å². The Morgan fingerprint density at radius 3 is 2.57 bits per heavy atom. The van der Waals surface area contributed by atoms with Crippen LogP contribution in [0.1, 0.15) is 12.8 Å². The second-order valence-electron chi connectivity index (χ2n) is 5.18. The molecule has 0 radical (unpaired) electrons. The molecule has 116 valence electrons. The van der Waals surface area contributed by atoms with Crippen molar-refractivity contribution in [2.24, 2.45) is 5.14 Å². The number of nitrogens with one attached hydrogen (secondary N) is 2. The van der Waals surface area contributed by atoms with E-state index < -0.39 is 10.0 Å². The molecule has 1 saturated heterocycles. The first-order valence-electron chi connectivity index (χ1n) is 6.74. The van der Waals surface area contributed by atoms with Crippen LogP contribution < -0.4 is 15.8 Å². The van der Waals surface area contributed by atoms with Gasteiger partial charge in [-0.15, -0.1) is 0 Å². The molecule has 0 aliphatic carbocycles. The molecule has 1 aliphatic rings. The summed E-state index contributed by atoms with van der Waals surface area (Å²) in [7, 11) is -1.66. The molecule has 2 amide bonds. The Morgan fingerprint density at radius 1 is 1.38 bits per heavy atom. The van der Waals surface area contributed by atoms with E-state index in [0.29, 0.717) is 18.3 Å². The summed E-state index contributed by atoms with van der Waals surface area (Å²) < 4.78 is 22.2. The maximum atomic E-state index is 11.8. The van der Waals surface area contributed by atoms with Crippen molar-refractivity contribution in [2.75, 3.05) is 25.5 Å². The molecule has 0 unspecified atom stereocenters. The van der Waals surface area contributed by atoms with Crippen LogP contribution in [0.15, 0.2) is 29.2 Å². The third-order valence-corrected chi connectivity index (χ3v) is 4.54. The van der Waals surface area contributed by atoms with Crippen LogP contribution in [-0.4, -0.2) is 45.5 Å². The molecular weight excluding hydrogens is 292 g/mol. The zero-order chi connectivity index (χ0) is 15.5. The van der Waals surface area contributed by atoms with E-state index in [1.165, 1.54) is 24.3 Å². The Kier molecular flexibility index (Phi) is 4.81. The molecule has 4 N–H and O–H groups in total. The number of nitrogens with zero attached hydrogens (tertiary/aromatic N) is 1. The minimum Gasteiger partial charge on any atom is -0.336 e. The number of amides is 2. The summed E-state index contributed by atoms with van der Waals surface area (Å²) in [6, 6.07) is 5.78. The molecular formula is C13H20N4O3S. The van der Waals surface area contributed by atoms with Crippen LogP contribution >= 0.6 is 0 Å². The summed E-state index contributed by atoms with van der Waals surface area (Å²) in [4.78, 5) is 14.0. The number of nitrogens with two attached hydrogens (primary N) is 1. The number of likely N-dealkylation sites (tertiary alicyclic amines) is 1. The van der Waals surface area contributed by atoms with Gasteiger partial charge in [0, 0.05) is 18.3 Å². The fourth-order valence-corrected chi connectivity index (χ4v) is 2.87. The zero-order valence-electron chi connectivity index (χ0n) is 11.9. The van der Waals surface area contributed by atoms with E-state index in [-0.39, 0.29) is 10.9 Å². The summed E-state index contributed by atoms with van der Waals surface area (Å²) in [6.45, 7) is 1.65. The summed E-state index contributed by atoms with van der Waals surface area (Å²) in [5.41, 5.74) is 0.514. The van der Waals surface area contributed by atoms with Gasteiger partial charge < -0.3 is 15.5 Å². The summed E-state index contributed by atoms with van der Waals surface area (Å²) in [5, 5.41) is 10.5. The van der Waals surface area contributed by atoms with Gasteiger partial charge in [0.25, 0.3) is 0 Å². The number of carbonyl (C=O) groups excluding carboxylic acids is 1. The van der Waals surface area contributed by atoms with Crippen molar-refractivity contribution in [1.82, 2.24) is 10.2 Å². The van der Waals surface area contributed by atoms with Crippen molar-refractivity contribution in [1.29, 1.82) is 0 Å². The van der Waals surface area contributed by atoms with Crippen molar-refractivity contribution in [2.45, 2.75) is 23.8 Å². The normalized spacial score (nSPS) is 19.4. The number of benzene rings is 1. The summed E-state index contributed by atoms with van der Waals surface area (Å²) in [6.07, 6.45) is 2.24. The van der Waals surface area contributed by atoms with E-state index in [1.807, 2.05) is 7.05 Å². The van der Waals surface area contributed by atoms with Crippen molar-refractivity contribution in [3.05, 3.63) is 24.3 Å². The predicted octanol–water partition coefficient (Wildman–Crippen LogP) is 0.550. The quantitative estimate of drug-likeness (QED) is 0.755. The van der Waals surface area contributed by atoms with Gasteiger partial charge >= 0.3 is 6.03 Å². The number of hydrogen-bond acceptors (Lipinski definition) is 4. The van der Waals surface area contributed by atoms with E-state index in [9.17, 15) is 13.2 Å². The van der Waals surface area contributed by atoms with Gasteiger partial charge in [-0.05, 0) is 50.7 Å². The van der Waals surface area contributed by atoms with Crippen LogP contribution in [0.2, 0.25) is 0 Å². The first-order chi connectivity index (χ1) is 9.86. The van der Waals surface area contributed by atoms with Gasteiger partial charge in [-0.2, -0.15) is 0 Å². The molecule has 0 saturated carbocycles. The maximum Gasteiger partial charge on any atom is 0.319 e. The van der Waals surface area contributed by atoms with E-state index >= 15 is 0 Å². The van der Waals surface area contributed by atoms with E-state index in [0.717, 1.165) is 19.4 Å². The molecule has 0 bridgehead atoms. The second kappa shape index (κ2) is 6.42. The molecule has 1 heterocycles. The van der Waals surface area contributed by atoms with Gasteiger partial charge in [0.1, 0.15) is 0 Å². The lowest BCUT2D eigenvalue weighted by atomic mass is 10.2. The maximum absolute atomic E-state index is 11.8. The molecule has 1 aromatic carbocycles. The van der Waals surface area contributed by atoms with Gasteiger partial charge in [-0.3, -0.25) is 0 Å². The van der Waals surface area contributed by atoms with Gasteiger partial charge in [0.15, 0.2) is 0 Å². The highest BCUT2D eigenvalue weighted by Crippen LogP contribution is 2.14. The average molecular weight is 312 g/mol. The number of likely N-dealkylation sites (N-methyl/N-ethyl adjacent to an activating group) is 1. The molecule has 0 spiro atoms. The molecule has 7 nitrogen and oxygen atoms in total. The predicted molar refractivity (Wildman–Crippen MR) is 80.5 cm³/mol. The van der Waals surface area contributed by atoms with Crippen LogP contribution in [0.4, 0.5) is 10.5 Å². The SMILES string of the molecule is CN1CCC[C@@H]1CNC(=O)Nc1ccc(S(N)(=O)=O)cc1. The third-order valence-electron chi connectivity index (χ3n) is 3.61. The Morgan fingerprint density at radius 2 is 2.05 bits per heavy atom. The van der Waals surface area contributed by atoms with E-state index in [4.69, 9.17) is 5.14 Å². The summed E-state index contributed by atoms with van der Waals surface area (Å²) in [5.74, 6) is 0. The number of anilines is 1. The molecule has 21 heavy (non-hydrogen) atoms. The van der Waals surface area contributed by atoms with Crippen molar-refractivity contribution in [3.8, 4) is 0 Å². The second-order valence-corrected chi connectivity index (χ2v) is 6.74. The number of carbonyl (C=O) groups is 1. The molecule has 8 heteroatoms. The standard InChI is InChI=1S/C13H20N4O3S/c1-17-8-2-3-11(17)9-15-13(18)16-10-4-6-12(7-5-10)21(14,19)20/h4-7,11H,2-3,8-9H2,1H3,(H2,14,19,20)(H2,15,16,18)/t11-/m1/s1. The Labute approximate surface area is 124 Å². The monoisotopic (exact) mass is 312 g/mol. The fraction of sp³-hybridized carbons (Fsp3) is 0.462. The van der Waals surface area contributed by atoms with E-state index in [2.05, 4.69) is 15.5 Å². The smallest absolute Gasteiger partial charge is 0.319 e. The Balaban J connectivity index is 1.85. The summed E-state index contributed by atoms with van der Waals surface area (Å²) >= 11 is 0. The zero-order valence-corrected chi connectivity index (χ0v) is 12.7. The number of sulfonamides is 1. The lowest BCUT2D eigenvalue weighted by Crippen LogP contribution is -2.40. The van der Waals surface area contributed by atoms with E-state index in [1.54, 1.807) is 0 Å². The lowest BCUT2D eigenvalue weighted by Gasteiger charge is -2.19. The van der Waals surface area contributed by atoms with Gasteiger partial charge in [-0.25, -0.2) is 18.4 Å². The highest BCUT2D eigenvalue weighted by Gasteiger charge is 2.20. The largest absolute Gasteiger partial charge is 0.336 e. The highest BCUT2D eigenvalue weighted by atomic mass is 32.2. The number of rotatable bonds is 4. The number of urea groups is 1. The minimum atomic E-state index is -3.71. The molecule has 0 aromatic heterocycles. The number of hydrogen-bond donors (Lipinski definition) is 3. The van der Waals surface area contributed by atoms with Gasteiger partial charge in [-0.1, -0.05) is 0 Å². The van der Waals surface area contributed by atoms with Crippen molar-refractivity contribution < 1.29 is 13.2 Å². The molecule has 1 atom stereocenters. The Bertz CT molecular complexity index is 600. The van der Waals surface area contributed by atoms with Crippen LogP contribution in [-0.2, 0) is 10.0 Å². The van der Waals surface area contributed by atoms with Crippen LogP contribution in [0.25, 0.3) is 0 Å². The highest BCUT2D eigenvalue weighted by molar-refractivity contribution is 7.89.